The molecule has 2 heterocycles. The first-order chi connectivity index (χ1) is 32.6. The summed E-state index contributed by atoms with van der Waals surface area (Å²) in [6.45, 7) is 1.61. The quantitative estimate of drug-likeness (QED) is 0.103. The lowest BCUT2D eigenvalue weighted by molar-refractivity contribution is -0.130. The van der Waals surface area contributed by atoms with Gasteiger partial charge in [0, 0.05) is 37.1 Å². The Morgan fingerprint density at radius 2 is 1.03 bits per heavy atom. The van der Waals surface area contributed by atoms with E-state index in [2.05, 4.69) is 55.9 Å². The van der Waals surface area contributed by atoms with Crippen LogP contribution in [-0.4, -0.2) is 86.3 Å². The van der Waals surface area contributed by atoms with E-state index in [4.69, 9.17) is 0 Å². The van der Waals surface area contributed by atoms with E-state index in [0.717, 1.165) is 60.8 Å². The lowest BCUT2D eigenvalue weighted by Gasteiger charge is -2.32. The lowest BCUT2D eigenvalue weighted by Crippen LogP contribution is -2.57. The third-order valence-electron chi connectivity index (χ3n) is 13.6. The molecule has 0 aromatic heterocycles. The second kappa shape index (κ2) is 21.2. The molecule has 6 unspecified atom stereocenters. The van der Waals surface area contributed by atoms with Crippen LogP contribution < -0.4 is 41.7 Å². The minimum atomic E-state index is -1.18. The third kappa shape index (κ3) is 10.3. The van der Waals surface area contributed by atoms with Gasteiger partial charge in [0.25, 0.3) is 11.8 Å². The number of rotatable bonds is 14. The molecule has 2 aliphatic carbocycles. The zero-order valence-corrected chi connectivity index (χ0v) is 38.4. The van der Waals surface area contributed by atoms with Crippen molar-refractivity contribution in [2.75, 3.05) is 30.4 Å². The molecule has 4 aliphatic rings. The molecular formula is C53H60N8O6. The van der Waals surface area contributed by atoms with Gasteiger partial charge in [0.05, 0.1) is 24.7 Å². The van der Waals surface area contributed by atoms with E-state index in [1.807, 2.05) is 72.8 Å². The summed E-state index contributed by atoms with van der Waals surface area (Å²) in [6.07, 6.45) is 5.56. The van der Waals surface area contributed by atoms with Crippen LogP contribution in [0.1, 0.15) is 90.9 Å². The minimum absolute atomic E-state index is 0.0651. The Kier molecular flexibility index (Phi) is 14.8. The normalized spacial score (nSPS) is 20.3. The number of carbonyl (C=O) groups excluding carboxylic acids is 6. The first-order valence-corrected chi connectivity index (χ1v) is 23.5. The van der Waals surface area contributed by atoms with Gasteiger partial charge in [0.1, 0.15) is 24.2 Å². The molecule has 4 aromatic carbocycles. The van der Waals surface area contributed by atoms with Crippen LogP contribution in [0.3, 0.4) is 0 Å². The summed E-state index contributed by atoms with van der Waals surface area (Å²) >= 11 is 0. The van der Waals surface area contributed by atoms with Crippen LogP contribution in [0.15, 0.2) is 97.1 Å². The molecular weight excluding hydrogens is 845 g/mol. The molecule has 14 nitrogen and oxygen atoms in total. The van der Waals surface area contributed by atoms with Crippen molar-refractivity contribution < 1.29 is 28.8 Å². The minimum Gasteiger partial charge on any atom is -0.347 e. The summed E-state index contributed by atoms with van der Waals surface area (Å²) < 4.78 is 0. The molecule has 0 bridgehead atoms. The van der Waals surface area contributed by atoms with Crippen LogP contribution in [0.2, 0.25) is 0 Å². The molecule has 0 saturated heterocycles. The topological polar surface area (TPSA) is 181 Å². The van der Waals surface area contributed by atoms with Crippen molar-refractivity contribution in [3.8, 4) is 11.8 Å². The number of hydrogen-bond donors (Lipinski definition) is 6. The molecule has 14 heteroatoms. The zero-order chi connectivity index (χ0) is 47.0. The number of nitrogens with zero attached hydrogens (tertiary/aromatic N) is 2. The number of hydrogen-bond acceptors (Lipinski definition) is 8. The van der Waals surface area contributed by atoms with Gasteiger partial charge in [0.2, 0.25) is 23.6 Å². The number of nitrogens with one attached hydrogen (secondary N) is 6. The Labute approximate surface area is 392 Å². The van der Waals surface area contributed by atoms with Crippen molar-refractivity contribution in [3.63, 3.8) is 0 Å². The van der Waals surface area contributed by atoms with Gasteiger partial charge in [-0.1, -0.05) is 84.9 Å². The van der Waals surface area contributed by atoms with Crippen LogP contribution in [0, 0.1) is 11.8 Å². The number of para-hydroxylation sites is 2. The fraction of sp³-hybridized carbons (Fsp3) is 0.396. The number of anilines is 2. The van der Waals surface area contributed by atoms with Gasteiger partial charge in [-0.2, -0.15) is 0 Å². The van der Waals surface area contributed by atoms with Gasteiger partial charge in [-0.25, -0.2) is 0 Å². The van der Waals surface area contributed by atoms with Crippen molar-refractivity contribution in [1.29, 1.82) is 0 Å². The lowest BCUT2D eigenvalue weighted by atomic mass is 9.87. The third-order valence-corrected chi connectivity index (χ3v) is 13.6. The molecule has 2 aliphatic heterocycles. The molecule has 0 radical (unpaired) electrons. The van der Waals surface area contributed by atoms with Crippen molar-refractivity contribution in [2.24, 2.45) is 0 Å². The van der Waals surface area contributed by atoms with Gasteiger partial charge in [-0.15, -0.1) is 11.8 Å². The summed E-state index contributed by atoms with van der Waals surface area (Å²) in [5.74, 6) is 3.63. The molecule has 348 valence electrons. The van der Waals surface area contributed by atoms with E-state index < -0.39 is 53.8 Å². The SMILES string of the molecule is CNCC(=O)NC(CC#CCC(NC(=O)[C@H](C)NC)C(=O)N1c2ccccc2CC1C(=O)NC1CCCc2ccccc21)C(=O)N1c2ccccc2CC1C(=O)NC1CCCc2ccccc21. The number of carbonyl (C=O) groups is 6. The van der Waals surface area contributed by atoms with E-state index in [9.17, 15) is 28.8 Å². The first-order valence-electron chi connectivity index (χ1n) is 23.5. The summed E-state index contributed by atoms with van der Waals surface area (Å²) in [7, 11) is 3.27. The zero-order valence-electron chi connectivity index (χ0n) is 38.4. The fourth-order valence-electron chi connectivity index (χ4n) is 10.00. The van der Waals surface area contributed by atoms with E-state index in [-0.39, 0.29) is 43.3 Å². The number of benzene rings is 4. The Morgan fingerprint density at radius 3 is 1.49 bits per heavy atom. The molecule has 0 spiro atoms. The molecule has 6 N–H and O–H groups in total. The number of aryl methyl sites for hydroxylation is 2. The molecule has 8 rings (SSSR count). The summed E-state index contributed by atoms with van der Waals surface area (Å²) in [5.41, 5.74) is 7.38. The van der Waals surface area contributed by atoms with Crippen LogP contribution in [0.5, 0.6) is 0 Å². The highest BCUT2D eigenvalue weighted by molar-refractivity contribution is 6.08. The van der Waals surface area contributed by atoms with E-state index in [1.54, 1.807) is 33.2 Å². The average molecular weight is 905 g/mol. The maximum atomic E-state index is 14.9. The second-order valence-corrected chi connectivity index (χ2v) is 17.9. The van der Waals surface area contributed by atoms with Crippen LogP contribution in [-0.2, 0) is 54.5 Å². The molecule has 4 aromatic rings. The Balaban J connectivity index is 1.04. The second-order valence-electron chi connectivity index (χ2n) is 17.9. The smallest absolute Gasteiger partial charge is 0.251 e. The number of amides is 6. The number of likely N-dealkylation sites (N-methyl/N-ethyl adjacent to an activating group) is 2. The van der Waals surface area contributed by atoms with E-state index in [0.29, 0.717) is 24.2 Å². The highest BCUT2D eigenvalue weighted by atomic mass is 16.2. The Morgan fingerprint density at radius 1 is 0.597 bits per heavy atom. The van der Waals surface area contributed by atoms with Gasteiger partial charge in [0.15, 0.2) is 0 Å². The molecule has 7 atom stereocenters. The Bertz CT molecular complexity index is 2590. The monoisotopic (exact) mass is 904 g/mol. The van der Waals surface area contributed by atoms with Gasteiger partial charge >= 0.3 is 0 Å². The van der Waals surface area contributed by atoms with Crippen LogP contribution in [0.4, 0.5) is 11.4 Å². The van der Waals surface area contributed by atoms with Gasteiger partial charge in [-0.3, -0.25) is 38.6 Å². The van der Waals surface area contributed by atoms with Crippen molar-refractivity contribution in [2.45, 2.75) is 113 Å². The highest BCUT2D eigenvalue weighted by Crippen LogP contribution is 2.37. The summed E-state index contributed by atoms with van der Waals surface area (Å²) in [4.78, 5) is 87.9. The van der Waals surface area contributed by atoms with E-state index >= 15 is 0 Å². The van der Waals surface area contributed by atoms with Crippen LogP contribution >= 0.6 is 0 Å². The van der Waals surface area contributed by atoms with Gasteiger partial charge in [-0.05, 0) is 105 Å². The maximum absolute atomic E-state index is 14.9. The molecule has 0 fully saturated rings. The van der Waals surface area contributed by atoms with Crippen LogP contribution in [0.25, 0.3) is 0 Å². The predicted octanol–water partition coefficient (Wildman–Crippen LogP) is 3.87. The fourth-order valence-corrected chi connectivity index (χ4v) is 10.00. The van der Waals surface area contributed by atoms with Crippen molar-refractivity contribution in [1.82, 2.24) is 31.9 Å². The van der Waals surface area contributed by atoms with Crippen molar-refractivity contribution in [3.05, 3.63) is 130 Å². The van der Waals surface area contributed by atoms with Gasteiger partial charge < -0.3 is 31.9 Å². The summed E-state index contributed by atoms with van der Waals surface area (Å²) in [5, 5.41) is 17.9. The van der Waals surface area contributed by atoms with E-state index in [1.165, 1.54) is 20.9 Å². The molecule has 6 amide bonds. The molecule has 0 saturated carbocycles. The first kappa shape index (κ1) is 46.7. The summed E-state index contributed by atoms with van der Waals surface area (Å²) in [6, 6.07) is 25.8. The standard InChI is InChI=1S/C53H60N8O6/c1-33(55-3)49(63)59-43(53(67)61-45-29-13-7-19-37(45)31-47(61)51(65)58-41-27-15-21-35-17-5-9-23-39(35)41)25-11-10-24-42(56-48(62)32-54-2)52(66)60-44-28-12-6-18-36(44)30-46(60)50(64)57-40-26-14-20-34-16-4-8-22-38(34)40/h4-9,12-13,16-19,22-23,28-29,33,40-43,46-47,54-55H,14-15,20-21,24-27,30-32H2,1-3H3,(H,56,62)(H,57,64)(H,58,65)(H,59,63)/t33-,40?,41?,42?,43?,46?,47?/m0/s1. The molecule has 67 heavy (non-hydrogen) atoms. The Hall–Kier alpha value is -6.82. The number of fused-ring (bicyclic) bond motifs is 4. The highest BCUT2D eigenvalue weighted by Gasteiger charge is 2.44. The van der Waals surface area contributed by atoms with Crippen molar-refractivity contribution >= 4 is 46.8 Å². The predicted molar refractivity (Wildman–Crippen MR) is 257 cm³/mol. The average Bonchev–Trinajstić information content (AvgIpc) is 3.94. The largest absolute Gasteiger partial charge is 0.347 e. The maximum Gasteiger partial charge on any atom is 0.251 e.